The Labute approximate surface area is 142 Å². The molecule has 5 nitrogen and oxygen atoms in total. The van der Waals surface area contributed by atoms with Crippen molar-refractivity contribution < 1.29 is 0 Å². The summed E-state index contributed by atoms with van der Waals surface area (Å²) in [5.41, 5.74) is 1.15. The Kier molecular flexibility index (Phi) is 7.46. The lowest BCUT2D eigenvalue weighted by Gasteiger charge is -2.11. The smallest absolute Gasteiger partial charge is 0.191 e. The van der Waals surface area contributed by atoms with Crippen molar-refractivity contribution in [3.63, 3.8) is 0 Å². The van der Waals surface area contributed by atoms with Crippen LogP contribution < -0.4 is 10.6 Å². The van der Waals surface area contributed by atoms with Crippen molar-refractivity contribution >= 4 is 17.6 Å². The number of aromatic nitrogens is 2. The zero-order valence-corrected chi connectivity index (χ0v) is 14.3. The van der Waals surface area contributed by atoms with Gasteiger partial charge in [0.05, 0.1) is 0 Å². The molecule has 1 aromatic carbocycles. The van der Waals surface area contributed by atoms with Gasteiger partial charge in [-0.25, -0.2) is 0 Å². The molecule has 0 saturated carbocycles. The van der Waals surface area contributed by atoms with Crippen molar-refractivity contribution in [3.8, 4) is 0 Å². The van der Waals surface area contributed by atoms with Crippen molar-refractivity contribution in [1.82, 2.24) is 20.4 Å². The topological polar surface area (TPSA) is 54.2 Å². The fraction of sp³-hybridized carbons (Fsp3) is 0.412. The molecule has 2 N–H and O–H groups in total. The van der Waals surface area contributed by atoms with Gasteiger partial charge in [0, 0.05) is 43.6 Å². The predicted octanol–water partition coefficient (Wildman–Crippen LogP) is 2.72. The zero-order chi connectivity index (χ0) is 16.3. The van der Waals surface area contributed by atoms with Gasteiger partial charge in [-0.1, -0.05) is 29.8 Å². The second-order valence-corrected chi connectivity index (χ2v) is 5.56. The highest BCUT2D eigenvalue weighted by atomic mass is 35.5. The third-order valence-electron chi connectivity index (χ3n) is 3.36. The standard InChI is InChI=1S/C17H24ClN5/c1-2-19-17(20-10-5-13-23-14-6-11-22-23)21-12-9-15-7-3-4-8-16(15)18/h3-4,6-8,11,14H,2,5,9-10,12-13H2,1H3,(H2,19,20,21). The lowest BCUT2D eigenvalue weighted by molar-refractivity contribution is 0.584. The number of aliphatic imine (C=N–C) groups is 1. The minimum absolute atomic E-state index is 0.765. The van der Waals surface area contributed by atoms with Crippen LogP contribution in [0.1, 0.15) is 18.9 Å². The van der Waals surface area contributed by atoms with Crippen molar-refractivity contribution in [2.45, 2.75) is 26.3 Å². The molecule has 23 heavy (non-hydrogen) atoms. The number of aryl methyl sites for hydroxylation is 1. The van der Waals surface area contributed by atoms with Crippen LogP contribution in [0.15, 0.2) is 47.7 Å². The summed E-state index contributed by atoms with van der Waals surface area (Å²) in [7, 11) is 0. The normalized spacial score (nSPS) is 11.5. The van der Waals surface area contributed by atoms with E-state index < -0.39 is 0 Å². The van der Waals surface area contributed by atoms with Crippen molar-refractivity contribution in [2.75, 3.05) is 19.6 Å². The molecular weight excluding hydrogens is 310 g/mol. The summed E-state index contributed by atoms with van der Waals surface area (Å²) in [6.45, 7) is 5.36. The number of guanidine groups is 1. The highest BCUT2D eigenvalue weighted by molar-refractivity contribution is 6.31. The van der Waals surface area contributed by atoms with Gasteiger partial charge in [-0.15, -0.1) is 0 Å². The quantitative estimate of drug-likeness (QED) is 0.443. The Morgan fingerprint density at radius 2 is 2.13 bits per heavy atom. The van der Waals surface area contributed by atoms with Gasteiger partial charge in [-0.05, 0) is 37.5 Å². The number of nitrogens with one attached hydrogen (secondary N) is 2. The van der Waals surface area contributed by atoms with E-state index >= 15 is 0 Å². The van der Waals surface area contributed by atoms with Gasteiger partial charge in [-0.2, -0.15) is 5.10 Å². The van der Waals surface area contributed by atoms with E-state index in [0.717, 1.165) is 55.6 Å². The molecule has 0 bridgehead atoms. The van der Waals surface area contributed by atoms with E-state index in [9.17, 15) is 0 Å². The molecule has 0 aliphatic heterocycles. The van der Waals surface area contributed by atoms with Crippen LogP contribution in [0.2, 0.25) is 5.02 Å². The minimum atomic E-state index is 0.765. The monoisotopic (exact) mass is 333 g/mol. The molecule has 124 valence electrons. The largest absolute Gasteiger partial charge is 0.357 e. The summed E-state index contributed by atoms with van der Waals surface area (Å²) in [4.78, 5) is 4.59. The van der Waals surface area contributed by atoms with Crippen LogP contribution in [-0.4, -0.2) is 35.4 Å². The van der Waals surface area contributed by atoms with Gasteiger partial charge in [0.2, 0.25) is 0 Å². The number of nitrogens with zero attached hydrogens (tertiary/aromatic N) is 3. The Bertz CT molecular complexity index is 595. The number of halogens is 1. The highest BCUT2D eigenvalue weighted by Crippen LogP contribution is 2.14. The summed E-state index contributed by atoms with van der Waals surface area (Å²) in [6.07, 6.45) is 5.60. The van der Waals surface area contributed by atoms with Crippen molar-refractivity contribution in [2.24, 2.45) is 4.99 Å². The Morgan fingerprint density at radius 3 is 2.87 bits per heavy atom. The van der Waals surface area contributed by atoms with E-state index in [0.29, 0.717) is 0 Å². The predicted molar refractivity (Wildman–Crippen MR) is 96.0 cm³/mol. The van der Waals surface area contributed by atoms with Gasteiger partial charge in [-0.3, -0.25) is 9.67 Å². The number of benzene rings is 1. The first-order valence-corrected chi connectivity index (χ1v) is 8.40. The summed E-state index contributed by atoms with van der Waals surface area (Å²) in [6, 6.07) is 9.87. The molecule has 0 spiro atoms. The van der Waals surface area contributed by atoms with Gasteiger partial charge >= 0.3 is 0 Å². The van der Waals surface area contributed by atoms with Gasteiger partial charge < -0.3 is 10.6 Å². The first-order chi connectivity index (χ1) is 11.3. The molecule has 0 aliphatic rings. The molecule has 0 fully saturated rings. The number of hydrogen-bond acceptors (Lipinski definition) is 2. The lowest BCUT2D eigenvalue weighted by atomic mass is 10.1. The zero-order valence-electron chi connectivity index (χ0n) is 13.5. The number of hydrogen-bond donors (Lipinski definition) is 2. The molecule has 0 aliphatic carbocycles. The van der Waals surface area contributed by atoms with E-state index in [1.165, 1.54) is 0 Å². The SMILES string of the molecule is CCNC(=NCCCn1cccn1)NCCc1ccccc1Cl. The minimum Gasteiger partial charge on any atom is -0.357 e. The second kappa shape index (κ2) is 9.90. The Hall–Kier alpha value is -2.01. The van der Waals surface area contributed by atoms with Gasteiger partial charge in [0.15, 0.2) is 5.96 Å². The van der Waals surface area contributed by atoms with E-state index in [-0.39, 0.29) is 0 Å². The average molecular weight is 334 g/mol. The van der Waals surface area contributed by atoms with Gasteiger partial charge in [0.1, 0.15) is 0 Å². The Balaban J connectivity index is 1.74. The Morgan fingerprint density at radius 1 is 1.26 bits per heavy atom. The lowest BCUT2D eigenvalue weighted by Crippen LogP contribution is -2.38. The van der Waals surface area contributed by atoms with Crippen LogP contribution in [-0.2, 0) is 13.0 Å². The van der Waals surface area contributed by atoms with Crippen LogP contribution in [0.4, 0.5) is 0 Å². The molecule has 0 radical (unpaired) electrons. The third kappa shape index (κ3) is 6.32. The number of rotatable bonds is 8. The molecule has 0 amide bonds. The first kappa shape index (κ1) is 17.3. The second-order valence-electron chi connectivity index (χ2n) is 5.15. The molecule has 2 rings (SSSR count). The maximum atomic E-state index is 6.17. The summed E-state index contributed by atoms with van der Waals surface area (Å²) < 4.78 is 1.92. The van der Waals surface area contributed by atoms with Crippen LogP contribution in [0.3, 0.4) is 0 Å². The molecule has 2 aromatic rings. The molecule has 1 heterocycles. The van der Waals surface area contributed by atoms with Crippen LogP contribution >= 0.6 is 11.6 Å². The average Bonchev–Trinajstić information content (AvgIpc) is 3.06. The molecule has 6 heteroatoms. The van der Waals surface area contributed by atoms with E-state index in [1.807, 2.05) is 35.1 Å². The van der Waals surface area contributed by atoms with Crippen LogP contribution in [0.25, 0.3) is 0 Å². The van der Waals surface area contributed by atoms with Crippen LogP contribution in [0.5, 0.6) is 0 Å². The third-order valence-corrected chi connectivity index (χ3v) is 3.73. The summed E-state index contributed by atoms with van der Waals surface area (Å²) in [5, 5.41) is 11.6. The van der Waals surface area contributed by atoms with Crippen LogP contribution in [0, 0.1) is 0 Å². The van der Waals surface area contributed by atoms with E-state index in [4.69, 9.17) is 11.6 Å². The fourth-order valence-corrected chi connectivity index (χ4v) is 2.44. The van der Waals surface area contributed by atoms with Crippen molar-refractivity contribution in [3.05, 3.63) is 53.3 Å². The van der Waals surface area contributed by atoms with E-state index in [1.54, 1.807) is 6.20 Å². The van der Waals surface area contributed by atoms with Crippen molar-refractivity contribution in [1.29, 1.82) is 0 Å². The fourth-order valence-electron chi connectivity index (χ4n) is 2.21. The molecule has 1 aromatic heterocycles. The molecule has 0 saturated heterocycles. The summed E-state index contributed by atoms with van der Waals surface area (Å²) in [5.74, 6) is 0.847. The van der Waals surface area contributed by atoms with Gasteiger partial charge in [0.25, 0.3) is 0 Å². The van der Waals surface area contributed by atoms with E-state index in [2.05, 4.69) is 33.7 Å². The molecular formula is C17H24ClN5. The molecule has 0 unspecified atom stereocenters. The molecule has 0 atom stereocenters. The highest BCUT2D eigenvalue weighted by Gasteiger charge is 2.00. The summed E-state index contributed by atoms with van der Waals surface area (Å²) >= 11 is 6.17. The maximum absolute atomic E-state index is 6.17. The maximum Gasteiger partial charge on any atom is 0.191 e. The first-order valence-electron chi connectivity index (χ1n) is 8.02.